The van der Waals surface area contributed by atoms with Gasteiger partial charge < -0.3 is 15.3 Å². The number of urea groups is 1. The number of hydrogen-bond acceptors (Lipinski definition) is 4. The number of rotatable bonds is 5. The van der Waals surface area contributed by atoms with Crippen LogP contribution in [0.15, 0.2) is 0 Å². The molecular formula is C14H21N3O5. The molecule has 8 nitrogen and oxygen atoms in total. The number of nitrogens with zero attached hydrogens (tertiary/aromatic N) is 2. The normalized spacial score (nSPS) is 23.8. The molecule has 2 aliphatic rings. The Hall–Kier alpha value is -2.12. The van der Waals surface area contributed by atoms with Gasteiger partial charge in [-0.2, -0.15) is 0 Å². The van der Waals surface area contributed by atoms with Crippen molar-refractivity contribution in [3.63, 3.8) is 0 Å². The molecule has 2 heterocycles. The number of carbonyl (C=O) groups is 4. The summed E-state index contributed by atoms with van der Waals surface area (Å²) in [6, 6.07) is -0.436. The topological polar surface area (TPSA) is 107 Å². The van der Waals surface area contributed by atoms with Gasteiger partial charge >= 0.3 is 12.0 Å². The molecule has 122 valence electrons. The minimum atomic E-state index is -0.898. The van der Waals surface area contributed by atoms with E-state index < -0.39 is 23.5 Å². The van der Waals surface area contributed by atoms with Crippen molar-refractivity contribution in [1.29, 1.82) is 0 Å². The number of nitrogens with one attached hydrogen (secondary N) is 1. The Balaban J connectivity index is 1.77. The number of aliphatic carboxylic acids is 1. The van der Waals surface area contributed by atoms with E-state index in [-0.39, 0.29) is 31.3 Å². The molecule has 2 aliphatic heterocycles. The Kier molecular flexibility index (Phi) is 4.39. The highest BCUT2D eigenvalue weighted by atomic mass is 16.4. The Bertz CT molecular complexity index is 517. The summed E-state index contributed by atoms with van der Waals surface area (Å²) >= 11 is 0. The molecule has 8 heteroatoms. The molecule has 2 fully saturated rings. The Labute approximate surface area is 128 Å². The van der Waals surface area contributed by atoms with Crippen LogP contribution in [0.2, 0.25) is 0 Å². The summed E-state index contributed by atoms with van der Waals surface area (Å²) in [5.41, 5.74) is -0.898. The van der Waals surface area contributed by atoms with E-state index in [0.29, 0.717) is 19.4 Å². The van der Waals surface area contributed by atoms with E-state index in [2.05, 4.69) is 5.32 Å². The molecular weight excluding hydrogens is 290 g/mol. The quantitative estimate of drug-likeness (QED) is 0.697. The van der Waals surface area contributed by atoms with Crippen LogP contribution < -0.4 is 5.32 Å². The zero-order chi connectivity index (χ0) is 16.5. The smallest absolute Gasteiger partial charge is 0.325 e. The number of imide groups is 1. The minimum absolute atomic E-state index is 0.130. The van der Waals surface area contributed by atoms with Crippen LogP contribution >= 0.6 is 0 Å². The van der Waals surface area contributed by atoms with Gasteiger partial charge in [0.15, 0.2) is 0 Å². The molecule has 0 aromatic heterocycles. The van der Waals surface area contributed by atoms with Gasteiger partial charge in [0.25, 0.3) is 5.91 Å². The van der Waals surface area contributed by atoms with Crippen LogP contribution in [0.1, 0.15) is 33.1 Å². The molecule has 2 N–H and O–H groups in total. The molecule has 0 bridgehead atoms. The molecule has 0 aromatic rings. The monoisotopic (exact) mass is 311 g/mol. The largest absolute Gasteiger partial charge is 0.481 e. The SMILES string of the molecule is CC1(C)NC(=O)N(CCCC(=O)N2CCC(C(=O)O)C2)C1=O. The first-order valence-corrected chi connectivity index (χ1v) is 7.37. The average Bonchev–Trinajstić information content (AvgIpc) is 2.97. The van der Waals surface area contributed by atoms with Gasteiger partial charge in [-0.3, -0.25) is 19.3 Å². The standard InChI is InChI=1S/C14H21N3O5/c1-14(2)12(21)17(13(22)15-14)6-3-4-10(18)16-7-5-9(8-16)11(19)20/h9H,3-8H2,1-2H3,(H,15,22)(H,19,20). The lowest BCUT2D eigenvalue weighted by Gasteiger charge is -2.18. The van der Waals surface area contributed by atoms with Crippen molar-refractivity contribution in [3.8, 4) is 0 Å². The lowest BCUT2D eigenvalue weighted by Crippen LogP contribution is -2.40. The zero-order valence-electron chi connectivity index (χ0n) is 12.8. The summed E-state index contributed by atoms with van der Waals surface area (Å²) in [6.07, 6.45) is 1.05. The Morgan fingerprint density at radius 3 is 2.55 bits per heavy atom. The van der Waals surface area contributed by atoms with E-state index in [4.69, 9.17) is 5.11 Å². The summed E-state index contributed by atoms with van der Waals surface area (Å²) in [5, 5.41) is 11.5. The number of amides is 4. The van der Waals surface area contributed by atoms with E-state index in [1.54, 1.807) is 13.8 Å². The van der Waals surface area contributed by atoms with Crippen molar-refractivity contribution < 1.29 is 24.3 Å². The summed E-state index contributed by atoms with van der Waals surface area (Å²) in [5.74, 6) is -1.79. The van der Waals surface area contributed by atoms with E-state index in [1.807, 2.05) is 0 Å². The number of carboxylic acid groups (broad SMARTS) is 1. The van der Waals surface area contributed by atoms with Gasteiger partial charge in [0.05, 0.1) is 5.92 Å². The molecule has 1 atom stereocenters. The lowest BCUT2D eigenvalue weighted by atomic mass is 10.1. The van der Waals surface area contributed by atoms with Crippen LogP contribution in [0.5, 0.6) is 0 Å². The van der Waals surface area contributed by atoms with Crippen LogP contribution in [0.25, 0.3) is 0 Å². The molecule has 0 aliphatic carbocycles. The summed E-state index contributed by atoms with van der Waals surface area (Å²) in [4.78, 5) is 49.2. The van der Waals surface area contributed by atoms with Crippen molar-refractivity contribution in [2.24, 2.45) is 5.92 Å². The van der Waals surface area contributed by atoms with Crippen molar-refractivity contribution in [3.05, 3.63) is 0 Å². The first-order valence-electron chi connectivity index (χ1n) is 7.37. The van der Waals surface area contributed by atoms with Crippen molar-refractivity contribution >= 4 is 23.8 Å². The lowest BCUT2D eigenvalue weighted by molar-refractivity contribution is -0.141. The van der Waals surface area contributed by atoms with Crippen molar-refractivity contribution in [2.45, 2.75) is 38.6 Å². The highest BCUT2D eigenvalue weighted by Gasteiger charge is 2.43. The van der Waals surface area contributed by atoms with Gasteiger partial charge in [0, 0.05) is 26.1 Å². The molecule has 0 radical (unpaired) electrons. The van der Waals surface area contributed by atoms with Gasteiger partial charge in [-0.05, 0) is 26.7 Å². The number of carboxylic acids is 1. The molecule has 2 rings (SSSR count). The Morgan fingerprint density at radius 2 is 2.05 bits per heavy atom. The molecule has 2 saturated heterocycles. The third-order valence-electron chi connectivity index (χ3n) is 4.11. The zero-order valence-corrected chi connectivity index (χ0v) is 12.8. The third-order valence-corrected chi connectivity index (χ3v) is 4.11. The van der Waals surface area contributed by atoms with Crippen LogP contribution in [-0.2, 0) is 14.4 Å². The fourth-order valence-corrected chi connectivity index (χ4v) is 2.76. The van der Waals surface area contributed by atoms with Crippen LogP contribution in [0.3, 0.4) is 0 Å². The highest BCUT2D eigenvalue weighted by Crippen LogP contribution is 2.19. The number of likely N-dealkylation sites (tertiary alicyclic amines) is 1. The van der Waals surface area contributed by atoms with Gasteiger partial charge in [-0.1, -0.05) is 0 Å². The van der Waals surface area contributed by atoms with E-state index in [9.17, 15) is 19.2 Å². The second-order valence-electron chi connectivity index (χ2n) is 6.28. The molecule has 4 amide bonds. The van der Waals surface area contributed by atoms with Gasteiger partial charge in [-0.15, -0.1) is 0 Å². The Morgan fingerprint density at radius 1 is 1.36 bits per heavy atom. The van der Waals surface area contributed by atoms with Crippen LogP contribution in [0.4, 0.5) is 4.79 Å². The van der Waals surface area contributed by atoms with E-state index in [1.165, 1.54) is 4.90 Å². The summed E-state index contributed by atoms with van der Waals surface area (Å²) < 4.78 is 0. The second-order valence-corrected chi connectivity index (χ2v) is 6.28. The number of carbonyl (C=O) groups excluding carboxylic acids is 3. The maximum Gasteiger partial charge on any atom is 0.325 e. The van der Waals surface area contributed by atoms with Gasteiger partial charge in [0.2, 0.25) is 5.91 Å². The van der Waals surface area contributed by atoms with Gasteiger partial charge in [0.1, 0.15) is 5.54 Å². The first-order chi connectivity index (χ1) is 10.2. The average molecular weight is 311 g/mol. The first kappa shape index (κ1) is 16.3. The molecule has 0 saturated carbocycles. The molecule has 22 heavy (non-hydrogen) atoms. The van der Waals surface area contributed by atoms with E-state index in [0.717, 1.165) is 4.90 Å². The summed E-state index contributed by atoms with van der Waals surface area (Å²) in [6.45, 7) is 4.15. The molecule has 0 aromatic carbocycles. The highest BCUT2D eigenvalue weighted by molar-refractivity contribution is 6.06. The fourth-order valence-electron chi connectivity index (χ4n) is 2.76. The molecule has 1 unspecified atom stereocenters. The predicted octanol–water partition coefficient (Wildman–Crippen LogP) is 0.0301. The number of hydrogen-bond donors (Lipinski definition) is 2. The van der Waals surface area contributed by atoms with Gasteiger partial charge in [-0.25, -0.2) is 4.79 Å². The minimum Gasteiger partial charge on any atom is -0.481 e. The van der Waals surface area contributed by atoms with E-state index >= 15 is 0 Å². The van der Waals surface area contributed by atoms with Crippen molar-refractivity contribution in [1.82, 2.24) is 15.1 Å². The fraction of sp³-hybridized carbons (Fsp3) is 0.714. The predicted molar refractivity (Wildman–Crippen MR) is 75.9 cm³/mol. The maximum absolute atomic E-state index is 12.0. The second kappa shape index (κ2) is 5.94. The van der Waals surface area contributed by atoms with Crippen molar-refractivity contribution in [2.75, 3.05) is 19.6 Å². The summed E-state index contributed by atoms with van der Waals surface area (Å²) in [7, 11) is 0. The maximum atomic E-state index is 12.0. The van der Waals surface area contributed by atoms with Crippen LogP contribution in [0, 0.1) is 5.92 Å². The van der Waals surface area contributed by atoms with Crippen LogP contribution in [-0.4, -0.2) is 63.9 Å². The molecule has 0 spiro atoms. The third kappa shape index (κ3) is 3.20.